The van der Waals surface area contributed by atoms with Gasteiger partial charge < -0.3 is 9.47 Å². The Bertz CT molecular complexity index is 876. The van der Waals surface area contributed by atoms with Crippen molar-refractivity contribution in [3.63, 3.8) is 0 Å². The Kier molecular flexibility index (Phi) is 5.09. The lowest BCUT2D eigenvalue weighted by Gasteiger charge is -2.11. The summed E-state index contributed by atoms with van der Waals surface area (Å²) in [5.41, 5.74) is 2.31. The number of halogens is 1. The Hall–Kier alpha value is -3.14. The van der Waals surface area contributed by atoms with Crippen molar-refractivity contribution in [1.29, 1.82) is 0 Å². The first-order valence-electron chi connectivity index (χ1n) is 7.81. The SMILES string of the molecule is COc1cc(F)c(-c2cccc(OCc3ccccc3)c2)cc1C=O. The fourth-order valence-corrected chi connectivity index (χ4v) is 2.56. The lowest BCUT2D eigenvalue weighted by molar-refractivity contribution is 0.112. The molecule has 0 heterocycles. The molecule has 3 nitrogen and oxygen atoms in total. The lowest BCUT2D eigenvalue weighted by Crippen LogP contribution is -1.96. The largest absolute Gasteiger partial charge is 0.496 e. The number of hydrogen-bond acceptors (Lipinski definition) is 3. The Morgan fingerprint density at radius 1 is 1.00 bits per heavy atom. The van der Waals surface area contributed by atoms with E-state index in [1.165, 1.54) is 19.2 Å². The molecule has 0 amide bonds. The van der Waals surface area contributed by atoms with E-state index in [1.807, 2.05) is 36.4 Å². The van der Waals surface area contributed by atoms with Crippen LogP contribution in [-0.4, -0.2) is 13.4 Å². The number of aldehydes is 1. The van der Waals surface area contributed by atoms with Gasteiger partial charge in [0.05, 0.1) is 12.7 Å². The molecule has 0 radical (unpaired) electrons. The van der Waals surface area contributed by atoms with Crippen LogP contribution in [0.5, 0.6) is 11.5 Å². The second-order valence-electron chi connectivity index (χ2n) is 5.49. The van der Waals surface area contributed by atoms with E-state index in [0.717, 1.165) is 5.56 Å². The van der Waals surface area contributed by atoms with E-state index in [1.54, 1.807) is 18.2 Å². The third-order valence-electron chi connectivity index (χ3n) is 3.84. The van der Waals surface area contributed by atoms with Crippen molar-refractivity contribution in [3.8, 4) is 22.6 Å². The van der Waals surface area contributed by atoms with Crippen molar-refractivity contribution in [2.45, 2.75) is 6.61 Å². The van der Waals surface area contributed by atoms with E-state index in [4.69, 9.17) is 9.47 Å². The van der Waals surface area contributed by atoms with E-state index in [9.17, 15) is 9.18 Å². The van der Waals surface area contributed by atoms with Gasteiger partial charge in [-0.1, -0.05) is 42.5 Å². The smallest absolute Gasteiger partial charge is 0.153 e. The van der Waals surface area contributed by atoms with Gasteiger partial charge in [-0.3, -0.25) is 4.79 Å². The molecule has 0 aliphatic carbocycles. The maximum atomic E-state index is 14.4. The Labute approximate surface area is 145 Å². The molecule has 0 saturated carbocycles. The third kappa shape index (κ3) is 3.86. The van der Waals surface area contributed by atoms with Gasteiger partial charge in [-0.05, 0) is 29.3 Å². The first-order chi connectivity index (χ1) is 12.2. The summed E-state index contributed by atoms with van der Waals surface area (Å²) < 4.78 is 25.2. The number of benzene rings is 3. The summed E-state index contributed by atoms with van der Waals surface area (Å²) in [6.45, 7) is 0.426. The van der Waals surface area contributed by atoms with Gasteiger partial charge >= 0.3 is 0 Å². The van der Waals surface area contributed by atoms with E-state index < -0.39 is 5.82 Å². The highest BCUT2D eigenvalue weighted by molar-refractivity contribution is 5.83. The lowest BCUT2D eigenvalue weighted by atomic mass is 10.0. The van der Waals surface area contributed by atoms with Crippen LogP contribution in [0.2, 0.25) is 0 Å². The molecule has 126 valence electrons. The molecule has 0 spiro atoms. The Morgan fingerprint density at radius 3 is 2.52 bits per heavy atom. The average Bonchev–Trinajstić information content (AvgIpc) is 2.67. The van der Waals surface area contributed by atoms with Gasteiger partial charge in [-0.2, -0.15) is 0 Å². The highest BCUT2D eigenvalue weighted by atomic mass is 19.1. The Balaban J connectivity index is 1.87. The van der Waals surface area contributed by atoms with Crippen LogP contribution >= 0.6 is 0 Å². The highest BCUT2D eigenvalue weighted by Crippen LogP contribution is 2.31. The molecule has 0 fully saturated rings. The molecule has 0 atom stereocenters. The minimum atomic E-state index is -0.456. The van der Waals surface area contributed by atoms with Crippen molar-refractivity contribution in [2.75, 3.05) is 7.11 Å². The fraction of sp³-hybridized carbons (Fsp3) is 0.0952. The number of methoxy groups -OCH3 is 1. The monoisotopic (exact) mass is 336 g/mol. The summed E-state index contributed by atoms with van der Waals surface area (Å²) in [4.78, 5) is 11.2. The van der Waals surface area contributed by atoms with E-state index in [2.05, 4.69) is 0 Å². The summed E-state index contributed by atoms with van der Waals surface area (Å²) in [5.74, 6) is 0.389. The summed E-state index contributed by atoms with van der Waals surface area (Å²) in [6.07, 6.45) is 0.650. The van der Waals surface area contributed by atoms with Crippen LogP contribution in [0.3, 0.4) is 0 Å². The molecule has 3 aromatic carbocycles. The molecule has 0 aliphatic heterocycles. The molecule has 0 aromatic heterocycles. The molecular formula is C21H17FO3. The molecule has 0 aliphatic rings. The highest BCUT2D eigenvalue weighted by Gasteiger charge is 2.12. The van der Waals surface area contributed by atoms with Gasteiger partial charge in [0.15, 0.2) is 6.29 Å². The maximum Gasteiger partial charge on any atom is 0.153 e. The maximum absolute atomic E-state index is 14.4. The second kappa shape index (κ2) is 7.62. The molecule has 25 heavy (non-hydrogen) atoms. The predicted octanol–water partition coefficient (Wildman–Crippen LogP) is 4.89. The molecule has 3 aromatic rings. The van der Waals surface area contributed by atoms with Crippen LogP contribution in [0.4, 0.5) is 4.39 Å². The zero-order chi connectivity index (χ0) is 17.6. The van der Waals surface area contributed by atoms with E-state index in [-0.39, 0.29) is 5.75 Å². The minimum Gasteiger partial charge on any atom is -0.496 e. The zero-order valence-corrected chi connectivity index (χ0v) is 13.7. The van der Waals surface area contributed by atoms with Gasteiger partial charge in [0.25, 0.3) is 0 Å². The topological polar surface area (TPSA) is 35.5 Å². The second-order valence-corrected chi connectivity index (χ2v) is 5.49. The molecule has 0 unspecified atom stereocenters. The standard InChI is InChI=1S/C21H17FO3/c1-24-21-12-20(22)19(11-17(21)13-23)16-8-5-9-18(10-16)25-14-15-6-3-2-4-7-15/h2-13H,14H2,1H3. The van der Waals surface area contributed by atoms with Crippen LogP contribution in [-0.2, 0) is 6.61 Å². The van der Waals surface area contributed by atoms with Crippen molar-refractivity contribution in [3.05, 3.63) is 83.7 Å². The molecule has 4 heteroatoms. The van der Waals surface area contributed by atoms with Crippen molar-refractivity contribution in [1.82, 2.24) is 0 Å². The molecule has 0 saturated heterocycles. The van der Waals surface area contributed by atoms with Crippen molar-refractivity contribution >= 4 is 6.29 Å². The summed E-state index contributed by atoms with van der Waals surface area (Å²) in [6, 6.07) is 19.6. The predicted molar refractivity (Wildman–Crippen MR) is 94.5 cm³/mol. The van der Waals surface area contributed by atoms with Crippen LogP contribution in [0, 0.1) is 5.82 Å². The van der Waals surface area contributed by atoms with E-state index in [0.29, 0.717) is 35.3 Å². The van der Waals surface area contributed by atoms with Crippen molar-refractivity contribution < 1.29 is 18.7 Å². The fourth-order valence-electron chi connectivity index (χ4n) is 2.56. The molecule has 3 rings (SSSR count). The van der Waals surface area contributed by atoms with Crippen LogP contribution in [0.25, 0.3) is 11.1 Å². The van der Waals surface area contributed by atoms with Gasteiger partial charge in [0.2, 0.25) is 0 Å². The number of carbonyl (C=O) groups is 1. The first kappa shape index (κ1) is 16.7. The molecule has 0 N–H and O–H groups in total. The normalized spacial score (nSPS) is 10.3. The van der Waals surface area contributed by atoms with Gasteiger partial charge in [0.1, 0.15) is 23.9 Å². The van der Waals surface area contributed by atoms with Crippen LogP contribution in [0.1, 0.15) is 15.9 Å². The van der Waals surface area contributed by atoms with Crippen LogP contribution in [0.15, 0.2) is 66.7 Å². The van der Waals surface area contributed by atoms with Crippen LogP contribution < -0.4 is 9.47 Å². The van der Waals surface area contributed by atoms with E-state index >= 15 is 0 Å². The Morgan fingerprint density at radius 2 is 1.80 bits per heavy atom. The first-order valence-corrected chi connectivity index (χ1v) is 7.81. The number of rotatable bonds is 6. The summed E-state index contributed by atoms with van der Waals surface area (Å²) >= 11 is 0. The summed E-state index contributed by atoms with van der Waals surface area (Å²) in [7, 11) is 1.40. The van der Waals surface area contributed by atoms with Crippen molar-refractivity contribution in [2.24, 2.45) is 0 Å². The van der Waals surface area contributed by atoms with Gasteiger partial charge in [-0.15, -0.1) is 0 Å². The minimum absolute atomic E-state index is 0.215. The average molecular weight is 336 g/mol. The number of hydrogen-bond donors (Lipinski definition) is 0. The molecular weight excluding hydrogens is 319 g/mol. The third-order valence-corrected chi connectivity index (χ3v) is 3.84. The quantitative estimate of drug-likeness (QED) is 0.601. The van der Waals surface area contributed by atoms with Gasteiger partial charge in [0, 0.05) is 11.6 Å². The summed E-state index contributed by atoms with van der Waals surface area (Å²) in [5, 5.41) is 0. The number of ether oxygens (including phenoxy) is 2. The zero-order valence-electron chi connectivity index (χ0n) is 13.7. The van der Waals surface area contributed by atoms with Gasteiger partial charge in [-0.25, -0.2) is 4.39 Å². The molecule has 0 bridgehead atoms. The number of carbonyl (C=O) groups excluding carboxylic acids is 1.